The fraction of sp³-hybridized carbons (Fsp3) is 0.385. The van der Waals surface area contributed by atoms with Crippen LogP contribution in [0.1, 0.15) is 22.5 Å². The summed E-state index contributed by atoms with van der Waals surface area (Å²) in [4.78, 5) is 0. The summed E-state index contributed by atoms with van der Waals surface area (Å²) in [6, 6.07) is 4.20. The van der Waals surface area contributed by atoms with Crippen molar-refractivity contribution in [3.63, 3.8) is 0 Å². The lowest BCUT2D eigenvalue weighted by molar-refractivity contribution is 0.289. The van der Waals surface area contributed by atoms with Gasteiger partial charge < -0.3 is 9.30 Å². The molecule has 0 spiro atoms. The Labute approximate surface area is 112 Å². The molecule has 0 aliphatic carbocycles. The van der Waals surface area contributed by atoms with Crippen molar-refractivity contribution in [2.24, 2.45) is 7.05 Å². The van der Waals surface area contributed by atoms with Gasteiger partial charge in [-0.1, -0.05) is 6.07 Å². The highest BCUT2D eigenvalue weighted by molar-refractivity contribution is 7.71. The fourth-order valence-corrected chi connectivity index (χ4v) is 1.95. The molecule has 1 aromatic carbocycles. The molecule has 0 unspecified atom stereocenters. The van der Waals surface area contributed by atoms with Gasteiger partial charge in [0.15, 0.2) is 10.6 Å². The van der Waals surface area contributed by atoms with E-state index in [1.165, 1.54) is 11.1 Å². The third kappa shape index (κ3) is 2.46. The summed E-state index contributed by atoms with van der Waals surface area (Å²) in [5.74, 6) is 1.69. The number of aryl methyl sites for hydroxylation is 2. The van der Waals surface area contributed by atoms with Crippen molar-refractivity contribution in [1.29, 1.82) is 0 Å². The second kappa shape index (κ2) is 4.94. The number of hydrogen-bond donors (Lipinski definition) is 1. The molecule has 0 fully saturated rings. The van der Waals surface area contributed by atoms with Crippen LogP contribution in [-0.4, -0.2) is 14.8 Å². The van der Waals surface area contributed by atoms with Gasteiger partial charge in [0.1, 0.15) is 12.4 Å². The average Bonchev–Trinajstić information content (AvgIpc) is 2.63. The minimum absolute atomic E-state index is 0.410. The van der Waals surface area contributed by atoms with Gasteiger partial charge in [-0.25, -0.2) is 0 Å². The predicted molar refractivity (Wildman–Crippen MR) is 73.4 cm³/mol. The molecule has 96 valence electrons. The van der Waals surface area contributed by atoms with E-state index in [1.807, 2.05) is 17.7 Å². The Balaban J connectivity index is 2.21. The van der Waals surface area contributed by atoms with Gasteiger partial charge in [-0.2, -0.15) is 5.10 Å². The molecular formula is C13H17N3OS. The van der Waals surface area contributed by atoms with E-state index in [1.54, 1.807) is 0 Å². The van der Waals surface area contributed by atoms with Gasteiger partial charge in [0.25, 0.3) is 0 Å². The van der Waals surface area contributed by atoms with Gasteiger partial charge in [-0.05, 0) is 55.7 Å². The summed E-state index contributed by atoms with van der Waals surface area (Å²) in [6.07, 6.45) is 0. The molecule has 1 heterocycles. The van der Waals surface area contributed by atoms with Crippen LogP contribution < -0.4 is 4.74 Å². The van der Waals surface area contributed by atoms with E-state index < -0.39 is 0 Å². The molecule has 0 saturated heterocycles. The Morgan fingerprint density at radius 2 is 2.06 bits per heavy atom. The zero-order valence-corrected chi connectivity index (χ0v) is 11.9. The van der Waals surface area contributed by atoms with Crippen LogP contribution in [0.25, 0.3) is 0 Å². The van der Waals surface area contributed by atoms with Crippen molar-refractivity contribution < 1.29 is 4.74 Å². The Kier molecular flexibility index (Phi) is 3.52. The molecule has 2 rings (SSSR count). The number of H-pyrrole nitrogens is 1. The molecule has 0 bridgehead atoms. The van der Waals surface area contributed by atoms with Crippen molar-refractivity contribution >= 4 is 12.2 Å². The molecule has 0 saturated carbocycles. The summed E-state index contributed by atoms with van der Waals surface area (Å²) in [5, 5.41) is 6.87. The van der Waals surface area contributed by atoms with E-state index in [2.05, 4.69) is 37.0 Å². The van der Waals surface area contributed by atoms with E-state index in [0.717, 1.165) is 17.1 Å². The first-order chi connectivity index (χ1) is 8.49. The Bertz CT molecular complexity index is 628. The minimum Gasteiger partial charge on any atom is -0.485 e. The first kappa shape index (κ1) is 12.8. The molecule has 0 amide bonds. The summed E-state index contributed by atoms with van der Waals surface area (Å²) in [7, 11) is 1.87. The quantitative estimate of drug-likeness (QED) is 0.866. The summed E-state index contributed by atoms with van der Waals surface area (Å²) < 4.78 is 8.24. The number of ether oxygens (including phenoxy) is 1. The Hall–Kier alpha value is -1.62. The predicted octanol–water partition coefficient (Wildman–Crippen LogP) is 2.98. The molecule has 1 N–H and O–H groups in total. The van der Waals surface area contributed by atoms with E-state index >= 15 is 0 Å². The van der Waals surface area contributed by atoms with Gasteiger partial charge in [0, 0.05) is 7.05 Å². The largest absolute Gasteiger partial charge is 0.485 e. The molecule has 0 atom stereocenters. The van der Waals surface area contributed by atoms with Crippen molar-refractivity contribution in [2.45, 2.75) is 27.4 Å². The first-order valence-electron chi connectivity index (χ1n) is 5.80. The summed E-state index contributed by atoms with van der Waals surface area (Å²) >= 11 is 5.06. The highest BCUT2D eigenvalue weighted by Gasteiger charge is 2.07. The molecule has 5 heteroatoms. The maximum atomic E-state index is 5.83. The lowest BCUT2D eigenvalue weighted by atomic mass is 10.1. The average molecular weight is 263 g/mol. The van der Waals surface area contributed by atoms with Crippen LogP contribution in [0, 0.1) is 25.5 Å². The maximum Gasteiger partial charge on any atom is 0.194 e. The SMILES string of the molecule is Cc1cc(C)c(C)c(OCc2n[nH]c(=S)n2C)c1. The van der Waals surface area contributed by atoms with Crippen LogP contribution in [0.5, 0.6) is 5.75 Å². The van der Waals surface area contributed by atoms with Gasteiger partial charge in [-0.15, -0.1) is 0 Å². The van der Waals surface area contributed by atoms with Crippen molar-refractivity contribution in [1.82, 2.24) is 14.8 Å². The molecule has 18 heavy (non-hydrogen) atoms. The molecular weight excluding hydrogens is 246 g/mol. The number of benzene rings is 1. The smallest absolute Gasteiger partial charge is 0.194 e. The Morgan fingerprint density at radius 3 is 2.67 bits per heavy atom. The summed E-state index contributed by atoms with van der Waals surface area (Å²) in [5.41, 5.74) is 3.60. The highest BCUT2D eigenvalue weighted by Crippen LogP contribution is 2.23. The zero-order valence-electron chi connectivity index (χ0n) is 11.1. The Morgan fingerprint density at radius 1 is 1.33 bits per heavy atom. The van der Waals surface area contributed by atoms with Crippen LogP contribution in [0.4, 0.5) is 0 Å². The second-order valence-electron chi connectivity index (χ2n) is 4.50. The fourth-order valence-electron chi connectivity index (χ4n) is 1.80. The monoisotopic (exact) mass is 263 g/mol. The lowest BCUT2D eigenvalue weighted by Crippen LogP contribution is -2.05. The number of aromatic amines is 1. The van der Waals surface area contributed by atoms with Crippen molar-refractivity contribution in [3.05, 3.63) is 39.4 Å². The van der Waals surface area contributed by atoms with E-state index in [-0.39, 0.29) is 0 Å². The lowest BCUT2D eigenvalue weighted by Gasteiger charge is -2.11. The minimum atomic E-state index is 0.410. The molecule has 0 aliphatic rings. The van der Waals surface area contributed by atoms with Crippen LogP contribution in [0.15, 0.2) is 12.1 Å². The van der Waals surface area contributed by atoms with Gasteiger partial charge in [0.05, 0.1) is 0 Å². The van der Waals surface area contributed by atoms with Gasteiger partial charge in [-0.3, -0.25) is 5.10 Å². The third-order valence-electron chi connectivity index (χ3n) is 3.09. The topological polar surface area (TPSA) is 42.8 Å². The molecule has 0 radical (unpaired) electrons. The van der Waals surface area contributed by atoms with Crippen molar-refractivity contribution in [2.75, 3.05) is 0 Å². The second-order valence-corrected chi connectivity index (χ2v) is 4.88. The van der Waals surface area contributed by atoms with E-state index in [4.69, 9.17) is 17.0 Å². The molecule has 1 aromatic heterocycles. The van der Waals surface area contributed by atoms with E-state index in [0.29, 0.717) is 11.4 Å². The third-order valence-corrected chi connectivity index (χ3v) is 3.46. The van der Waals surface area contributed by atoms with Crippen LogP contribution in [0.3, 0.4) is 0 Å². The number of aromatic nitrogens is 3. The van der Waals surface area contributed by atoms with Gasteiger partial charge in [0.2, 0.25) is 0 Å². The summed E-state index contributed by atoms with van der Waals surface area (Å²) in [6.45, 7) is 6.63. The molecule has 2 aromatic rings. The van der Waals surface area contributed by atoms with Crippen LogP contribution in [0.2, 0.25) is 0 Å². The first-order valence-corrected chi connectivity index (χ1v) is 6.21. The zero-order chi connectivity index (χ0) is 13.3. The molecule has 0 aliphatic heterocycles. The standard InChI is InChI=1S/C13H17N3OS/c1-8-5-9(2)10(3)11(6-8)17-7-12-14-15-13(18)16(12)4/h5-6H,7H2,1-4H3,(H,15,18). The number of hydrogen-bond acceptors (Lipinski definition) is 3. The van der Waals surface area contributed by atoms with Crippen molar-refractivity contribution in [3.8, 4) is 5.75 Å². The van der Waals surface area contributed by atoms with Crippen LogP contribution >= 0.6 is 12.2 Å². The highest BCUT2D eigenvalue weighted by atomic mass is 32.1. The maximum absolute atomic E-state index is 5.83. The van der Waals surface area contributed by atoms with Gasteiger partial charge >= 0.3 is 0 Å². The van der Waals surface area contributed by atoms with E-state index in [9.17, 15) is 0 Å². The molecule has 4 nitrogen and oxygen atoms in total. The normalized spacial score (nSPS) is 10.7. The van der Waals surface area contributed by atoms with Crippen LogP contribution in [-0.2, 0) is 13.7 Å². The number of rotatable bonds is 3. The number of nitrogens with one attached hydrogen (secondary N) is 1. The number of nitrogens with zero attached hydrogens (tertiary/aromatic N) is 2.